The molecule has 88 valence electrons. The molecule has 2 heterocycles. The molecule has 1 aliphatic carbocycles. The van der Waals surface area contributed by atoms with E-state index in [0.29, 0.717) is 5.92 Å². The molecule has 1 saturated carbocycles. The summed E-state index contributed by atoms with van der Waals surface area (Å²) in [6, 6.07) is 4.03. The van der Waals surface area contributed by atoms with Crippen LogP contribution in [0.3, 0.4) is 0 Å². The molecule has 0 saturated heterocycles. The third kappa shape index (κ3) is 2.20. The van der Waals surface area contributed by atoms with Crippen LogP contribution in [-0.2, 0) is 6.42 Å². The van der Waals surface area contributed by atoms with E-state index in [0.717, 1.165) is 24.4 Å². The number of imidazole rings is 1. The zero-order valence-corrected chi connectivity index (χ0v) is 10.4. The minimum Gasteiger partial charge on any atom is -0.345 e. The zero-order valence-electron chi connectivity index (χ0n) is 9.65. The Labute approximate surface area is 105 Å². The van der Waals surface area contributed by atoms with Crippen molar-refractivity contribution >= 4 is 11.6 Å². The lowest BCUT2D eigenvalue weighted by molar-refractivity contribution is 0.885. The molecule has 2 aromatic heterocycles. The molecule has 1 N–H and O–H groups in total. The van der Waals surface area contributed by atoms with Crippen molar-refractivity contribution in [1.82, 2.24) is 15.0 Å². The van der Waals surface area contributed by atoms with Gasteiger partial charge in [-0.1, -0.05) is 0 Å². The van der Waals surface area contributed by atoms with E-state index in [-0.39, 0.29) is 4.87 Å². The molecule has 3 rings (SSSR count). The van der Waals surface area contributed by atoms with Gasteiger partial charge in [-0.3, -0.25) is 4.98 Å². The molecule has 2 aromatic rings. The fourth-order valence-corrected chi connectivity index (χ4v) is 2.34. The van der Waals surface area contributed by atoms with Crippen molar-refractivity contribution in [3.8, 4) is 0 Å². The number of H-pyrrole nitrogens is 1. The van der Waals surface area contributed by atoms with Crippen LogP contribution in [-0.4, -0.2) is 19.8 Å². The summed E-state index contributed by atoms with van der Waals surface area (Å²) in [5.74, 6) is 1.40. The molecular weight excluding hydrogens is 234 g/mol. The van der Waals surface area contributed by atoms with Crippen LogP contribution in [0.25, 0.3) is 0 Å². The summed E-state index contributed by atoms with van der Waals surface area (Å²) < 4.78 is 0. The third-order valence-electron chi connectivity index (χ3n) is 3.29. The topological polar surface area (TPSA) is 41.6 Å². The Hall–Kier alpha value is -1.35. The Kier molecular flexibility index (Phi) is 2.44. The maximum absolute atomic E-state index is 6.24. The van der Waals surface area contributed by atoms with Gasteiger partial charge in [0.25, 0.3) is 0 Å². The van der Waals surface area contributed by atoms with Gasteiger partial charge in [-0.2, -0.15) is 0 Å². The van der Waals surface area contributed by atoms with Gasteiger partial charge < -0.3 is 4.98 Å². The van der Waals surface area contributed by atoms with Crippen LogP contribution in [0, 0.1) is 0 Å². The van der Waals surface area contributed by atoms with E-state index in [1.165, 1.54) is 5.56 Å². The Morgan fingerprint density at radius 1 is 1.47 bits per heavy atom. The molecule has 1 fully saturated rings. The third-order valence-corrected chi connectivity index (χ3v) is 3.71. The van der Waals surface area contributed by atoms with E-state index in [1.807, 2.05) is 30.7 Å². The van der Waals surface area contributed by atoms with Crippen LogP contribution in [0.15, 0.2) is 30.7 Å². The summed E-state index contributed by atoms with van der Waals surface area (Å²) in [6.07, 6.45) is 7.39. The van der Waals surface area contributed by atoms with E-state index in [2.05, 4.69) is 21.9 Å². The number of alkyl halides is 1. The largest absolute Gasteiger partial charge is 0.345 e. The van der Waals surface area contributed by atoms with E-state index < -0.39 is 0 Å². The highest BCUT2D eigenvalue weighted by atomic mass is 35.5. The minimum atomic E-state index is -0.0915. The summed E-state index contributed by atoms with van der Waals surface area (Å²) in [5.41, 5.74) is 2.37. The quantitative estimate of drug-likeness (QED) is 0.848. The van der Waals surface area contributed by atoms with Gasteiger partial charge in [0.15, 0.2) is 0 Å². The second kappa shape index (κ2) is 3.84. The van der Waals surface area contributed by atoms with Crippen LogP contribution in [0.5, 0.6) is 0 Å². The van der Waals surface area contributed by atoms with Crippen LogP contribution in [0.1, 0.15) is 36.3 Å². The molecule has 17 heavy (non-hydrogen) atoms. The van der Waals surface area contributed by atoms with Crippen molar-refractivity contribution < 1.29 is 0 Å². The summed E-state index contributed by atoms with van der Waals surface area (Å²) in [6.45, 7) is 2.06. The number of hydrogen-bond acceptors (Lipinski definition) is 2. The van der Waals surface area contributed by atoms with Crippen molar-refractivity contribution in [2.24, 2.45) is 0 Å². The van der Waals surface area contributed by atoms with Gasteiger partial charge in [-0.15, -0.1) is 11.6 Å². The van der Waals surface area contributed by atoms with Crippen molar-refractivity contribution in [2.75, 3.05) is 0 Å². The van der Waals surface area contributed by atoms with Crippen molar-refractivity contribution in [1.29, 1.82) is 0 Å². The first-order valence-electron chi connectivity index (χ1n) is 5.77. The molecule has 0 spiro atoms. The van der Waals surface area contributed by atoms with E-state index in [4.69, 9.17) is 11.6 Å². The molecule has 0 radical (unpaired) electrons. The lowest BCUT2D eigenvalue weighted by Crippen LogP contribution is -1.95. The van der Waals surface area contributed by atoms with E-state index >= 15 is 0 Å². The minimum absolute atomic E-state index is 0.0915. The number of nitrogens with one attached hydrogen (secondary N) is 1. The molecule has 0 aliphatic heterocycles. The predicted octanol–water partition coefficient (Wildman–Crippen LogP) is 2.88. The molecule has 1 aliphatic rings. The fourth-order valence-electron chi connectivity index (χ4n) is 2.09. The van der Waals surface area contributed by atoms with Crippen LogP contribution < -0.4 is 0 Å². The molecule has 1 unspecified atom stereocenters. The highest BCUT2D eigenvalue weighted by molar-refractivity contribution is 6.26. The average molecular weight is 248 g/mol. The van der Waals surface area contributed by atoms with Gasteiger partial charge in [-0.05, 0) is 31.0 Å². The molecule has 3 nitrogen and oxygen atoms in total. The number of aromatic amines is 1. The summed E-state index contributed by atoms with van der Waals surface area (Å²) in [5, 5.41) is 0. The highest BCUT2D eigenvalue weighted by Crippen LogP contribution is 2.55. The first-order chi connectivity index (χ1) is 8.15. The molecule has 0 aromatic carbocycles. The van der Waals surface area contributed by atoms with Crippen molar-refractivity contribution in [2.45, 2.75) is 30.6 Å². The number of hydrogen-bond donors (Lipinski definition) is 1. The van der Waals surface area contributed by atoms with Gasteiger partial charge in [0.2, 0.25) is 0 Å². The standard InChI is InChI=1S/C13H14ClN3/c1-13(14)7-11(13)12-16-8-10(17-12)6-9-2-4-15-5-3-9/h2-5,8,11H,6-7H2,1H3,(H,16,17)/t11-,13?/m1/s1. The summed E-state index contributed by atoms with van der Waals surface area (Å²) in [4.78, 5) is 11.7. The van der Waals surface area contributed by atoms with E-state index in [1.54, 1.807) is 0 Å². The number of rotatable bonds is 3. The Bertz CT molecular complexity index is 518. The van der Waals surface area contributed by atoms with Crippen molar-refractivity contribution in [3.05, 3.63) is 47.8 Å². The lowest BCUT2D eigenvalue weighted by atomic mass is 10.1. The van der Waals surface area contributed by atoms with E-state index in [9.17, 15) is 0 Å². The maximum Gasteiger partial charge on any atom is 0.111 e. The number of nitrogens with zero attached hydrogens (tertiary/aromatic N) is 2. The predicted molar refractivity (Wildman–Crippen MR) is 67.2 cm³/mol. The van der Waals surface area contributed by atoms with Crippen LogP contribution >= 0.6 is 11.6 Å². The highest BCUT2D eigenvalue weighted by Gasteiger charge is 2.51. The fraction of sp³-hybridized carbons (Fsp3) is 0.385. The Morgan fingerprint density at radius 2 is 2.18 bits per heavy atom. The molecular formula is C13H14ClN3. The monoisotopic (exact) mass is 247 g/mol. The zero-order chi connectivity index (χ0) is 11.9. The van der Waals surface area contributed by atoms with Gasteiger partial charge in [-0.25, -0.2) is 4.98 Å². The first-order valence-corrected chi connectivity index (χ1v) is 6.14. The van der Waals surface area contributed by atoms with Gasteiger partial charge in [0.05, 0.1) is 4.87 Å². The summed E-state index contributed by atoms with van der Waals surface area (Å²) in [7, 11) is 0. The first kappa shape index (κ1) is 10.8. The van der Waals surface area contributed by atoms with Crippen molar-refractivity contribution in [3.63, 3.8) is 0 Å². The normalized spacial score (nSPS) is 27.1. The molecule has 0 amide bonds. The Balaban J connectivity index is 1.74. The van der Waals surface area contributed by atoms with Crippen LogP contribution in [0.4, 0.5) is 0 Å². The Morgan fingerprint density at radius 3 is 2.82 bits per heavy atom. The molecule has 4 heteroatoms. The smallest absolute Gasteiger partial charge is 0.111 e. The average Bonchev–Trinajstić information content (AvgIpc) is 2.74. The second-order valence-electron chi connectivity index (χ2n) is 4.86. The second-order valence-corrected chi connectivity index (χ2v) is 5.72. The summed E-state index contributed by atoms with van der Waals surface area (Å²) >= 11 is 6.24. The SMILES string of the molecule is CC1(Cl)C[C@@H]1c1ncc(Cc2ccncc2)[nH]1. The van der Waals surface area contributed by atoms with Crippen LogP contribution in [0.2, 0.25) is 0 Å². The number of halogens is 1. The lowest BCUT2D eigenvalue weighted by Gasteiger charge is -1.98. The molecule has 2 atom stereocenters. The maximum atomic E-state index is 6.24. The van der Waals surface area contributed by atoms with Gasteiger partial charge in [0, 0.05) is 36.6 Å². The van der Waals surface area contributed by atoms with Gasteiger partial charge in [0.1, 0.15) is 5.82 Å². The number of pyridine rings is 1. The molecule has 0 bridgehead atoms. The number of aromatic nitrogens is 3. The van der Waals surface area contributed by atoms with Gasteiger partial charge >= 0.3 is 0 Å².